The third-order valence-corrected chi connectivity index (χ3v) is 9.66. The molecule has 16 heteroatoms. The number of carboxylic acid groups (broad SMARTS) is 1. The van der Waals surface area contributed by atoms with Gasteiger partial charge in [0.2, 0.25) is 11.8 Å². The molecular formula is C35H52N6O9S. The summed E-state index contributed by atoms with van der Waals surface area (Å²) in [5.41, 5.74) is 0.236. The van der Waals surface area contributed by atoms with Crippen LogP contribution in [0, 0.1) is 22.0 Å². The molecule has 0 saturated carbocycles. The number of nitro groups is 1. The van der Waals surface area contributed by atoms with Crippen LogP contribution >= 0.6 is 11.3 Å². The quantitative estimate of drug-likeness (QED) is 0.0581. The standard InChI is InChI=1S/C35H52N6O9S/c1-8-22(4)31(39-30(43)12-10-9-11-17-36-6)34(45)40(7)28(21(2)3)19-29(50-23(5)42)33-38-27(20-51-33)32(44)37-26(35(46)47)18-24-13-15-25(16-14-24)41(48)49/h13-16,20-22,26,28-29,31,36H,8-12,17-19H2,1-7H3,(H,37,44)(H,39,43)(H,46,47)/t22-,26-,28+,29+,31-/m0/s1. The number of nitrogens with zero attached hydrogens (tertiary/aromatic N) is 3. The molecule has 1 heterocycles. The smallest absolute Gasteiger partial charge is 0.326 e. The first kappa shape index (κ1) is 42.7. The summed E-state index contributed by atoms with van der Waals surface area (Å²) in [5.74, 6) is -3.35. The number of amides is 3. The number of likely N-dealkylation sites (N-methyl/N-ethyl adjacent to an activating group) is 1. The van der Waals surface area contributed by atoms with Crippen LogP contribution < -0.4 is 16.0 Å². The minimum atomic E-state index is -1.35. The highest BCUT2D eigenvalue weighted by molar-refractivity contribution is 7.09. The maximum atomic E-state index is 14.0. The Kier molecular flexibility index (Phi) is 17.6. The van der Waals surface area contributed by atoms with Crippen molar-refractivity contribution in [3.05, 3.63) is 56.0 Å². The van der Waals surface area contributed by atoms with Gasteiger partial charge in [0.1, 0.15) is 22.8 Å². The van der Waals surface area contributed by atoms with Crippen LogP contribution in [-0.4, -0.2) is 88.3 Å². The van der Waals surface area contributed by atoms with Gasteiger partial charge in [-0.3, -0.25) is 29.3 Å². The van der Waals surface area contributed by atoms with Crippen LogP contribution in [-0.2, 0) is 30.3 Å². The minimum Gasteiger partial charge on any atom is -0.480 e. The minimum absolute atomic E-state index is 0.0851. The molecule has 0 aliphatic rings. The highest BCUT2D eigenvalue weighted by atomic mass is 32.1. The molecule has 0 aliphatic carbocycles. The predicted molar refractivity (Wildman–Crippen MR) is 192 cm³/mol. The Labute approximate surface area is 303 Å². The van der Waals surface area contributed by atoms with Crippen LogP contribution in [0.3, 0.4) is 0 Å². The molecule has 5 atom stereocenters. The topological polar surface area (TPSA) is 210 Å². The summed E-state index contributed by atoms with van der Waals surface area (Å²) in [6.07, 6.45) is 2.64. The summed E-state index contributed by atoms with van der Waals surface area (Å²) in [4.78, 5) is 80.5. The van der Waals surface area contributed by atoms with Crippen molar-refractivity contribution in [2.24, 2.45) is 11.8 Å². The molecule has 1 aromatic heterocycles. The molecule has 282 valence electrons. The zero-order valence-corrected chi connectivity index (χ0v) is 31.3. The summed E-state index contributed by atoms with van der Waals surface area (Å²) in [6, 6.07) is 2.80. The van der Waals surface area contributed by atoms with E-state index in [4.69, 9.17) is 4.74 Å². The summed E-state index contributed by atoms with van der Waals surface area (Å²) >= 11 is 1.06. The number of esters is 1. The highest BCUT2D eigenvalue weighted by Gasteiger charge is 2.35. The van der Waals surface area contributed by atoms with Gasteiger partial charge < -0.3 is 30.7 Å². The molecule has 3 amide bonds. The Morgan fingerprint density at radius 1 is 1.06 bits per heavy atom. The van der Waals surface area contributed by atoms with E-state index >= 15 is 0 Å². The molecule has 0 saturated heterocycles. The van der Waals surface area contributed by atoms with Crippen molar-refractivity contribution in [2.75, 3.05) is 20.6 Å². The molecular weight excluding hydrogens is 680 g/mol. The van der Waals surface area contributed by atoms with Gasteiger partial charge in [0.15, 0.2) is 6.10 Å². The van der Waals surface area contributed by atoms with Crippen molar-refractivity contribution in [1.82, 2.24) is 25.8 Å². The van der Waals surface area contributed by atoms with E-state index in [1.54, 1.807) is 11.9 Å². The van der Waals surface area contributed by atoms with E-state index in [-0.39, 0.29) is 52.9 Å². The van der Waals surface area contributed by atoms with E-state index < -0.39 is 47.0 Å². The van der Waals surface area contributed by atoms with Crippen LogP contribution in [0.4, 0.5) is 5.69 Å². The molecule has 1 aromatic carbocycles. The highest BCUT2D eigenvalue weighted by Crippen LogP contribution is 2.31. The maximum Gasteiger partial charge on any atom is 0.326 e. The van der Waals surface area contributed by atoms with E-state index in [9.17, 15) is 39.2 Å². The number of rotatable bonds is 22. The Morgan fingerprint density at radius 2 is 1.73 bits per heavy atom. The molecule has 4 N–H and O–H groups in total. The molecule has 0 radical (unpaired) electrons. The zero-order valence-electron chi connectivity index (χ0n) is 30.5. The predicted octanol–water partition coefficient (Wildman–Crippen LogP) is 4.27. The van der Waals surface area contributed by atoms with Crippen LogP contribution in [0.15, 0.2) is 29.6 Å². The van der Waals surface area contributed by atoms with Gasteiger partial charge in [-0.15, -0.1) is 11.3 Å². The largest absolute Gasteiger partial charge is 0.480 e. The van der Waals surface area contributed by atoms with Crippen LogP contribution in [0.25, 0.3) is 0 Å². The number of unbranched alkanes of at least 4 members (excludes halogenated alkanes) is 2. The monoisotopic (exact) mass is 732 g/mol. The average Bonchev–Trinajstić information content (AvgIpc) is 3.58. The number of benzene rings is 1. The number of non-ortho nitro benzene ring substituents is 1. The maximum absolute atomic E-state index is 14.0. The van der Waals surface area contributed by atoms with E-state index in [0.717, 1.165) is 30.7 Å². The number of thiazole rings is 1. The van der Waals surface area contributed by atoms with Crippen molar-refractivity contribution in [2.45, 2.75) is 104 Å². The van der Waals surface area contributed by atoms with Gasteiger partial charge in [0.25, 0.3) is 11.6 Å². The van der Waals surface area contributed by atoms with Gasteiger partial charge in [-0.1, -0.05) is 52.7 Å². The van der Waals surface area contributed by atoms with Gasteiger partial charge in [0.05, 0.1) is 4.92 Å². The van der Waals surface area contributed by atoms with Crippen LogP contribution in [0.2, 0.25) is 0 Å². The fourth-order valence-electron chi connectivity index (χ4n) is 5.53. The average molecular weight is 733 g/mol. The molecule has 0 fully saturated rings. The van der Waals surface area contributed by atoms with Crippen LogP contribution in [0.1, 0.15) is 100 Å². The fraction of sp³-hybridized carbons (Fsp3) is 0.600. The zero-order chi connectivity index (χ0) is 38.2. The second-order valence-electron chi connectivity index (χ2n) is 13.0. The van der Waals surface area contributed by atoms with Gasteiger partial charge >= 0.3 is 11.9 Å². The molecule has 15 nitrogen and oxygen atoms in total. The molecule has 51 heavy (non-hydrogen) atoms. The molecule has 2 aromatic rings. The van der Waals surface area contributed by atoms with Gasteiger partial charge in [-0.2, -0.15) is 0 Å². The lowest BCUT2D eigenvalue weighted by Gasteiger charge is -2.37. The van der Waals surface area contributed by atoms with E-state index in [1.807, 2.05) is 34.7 Å². The molecule has 0 aliphatic heterocycles. The number of aromatic nitrogens is 1. The molecule has 0 unspecified atom stereocenters. The third kappa shape index (κ3) is 13.7. The van der Waals surface area contributed by atoms with Crippen molar-refractivity contribution in [3.63, 3.8) is 0 Å². The van der Waals surface area contributed by atoms with Crippen molar-refractivity contribution < 1.29 is 38.7 Å². The van der Waals surface area contributed by atoms with Gasteiger partial charge in [-0.05, 0) is 43.8 Å². The number of carbonyl (C=O) groups excluding carboxylic acids is 4. The Morgan fingerprint density at radius 3 is 2.27 bits per heavy atom. The van der Waals surface area contributed by atoms with E-state index in [2.05, 4.69) is 20.9 Å². The van der Waals surface area contributed by atoms with E-state index in [0.29, 0.717) is 24.8 Å². The Balaban J connectivity index is 2.23. The number of aliphatic carboxylic acids is 1. The normalized spacial score (nSPS) is 14.1. The number of hydrogen-bond acceptors (Lipinski definition) is 11. The van der Waals surface area contributed by atoms with Crippen molar-refractivity contribution in [1.29, 1.82) is 0 Å². The Hall–Kier alpha value is -4.44. The van der Waals surface area contributed by atoms with Gasteiger partial charge in [-0.25, -0.2) is 9.78 Å². The summed E-state index contributed by atoms with van der Waals surface area (Å²) in [6.45, 7) is 9.85. The second-order valence-corrected chi connectivity index (χ2v) is 13.9. The first-order chi connectivity index (χ1) is 24.1. The summed E-state index contributed by atoms with van der Waals surface area (Å²) in [7, 11) is 3.54. The summed E-state index contributed by atoms with van der Waals surface area (Å²) < 4.78 is 5.65. The lowest BCUT2D eigenvalue weighted by molar-refractivity contribution is -0.384. The number of ether oxygens (including phenoxy) is 1. The number of carbonyl (C=O) groups is 5. The van der Waals surface area contributed by atoms with Crippen molar-refractivity contribution in [3.8, 4) is 0 Å². The fourth-order valence-corrected chi connectivity index (χ4v) is 6.37. The molecule has 0 bridgehead atoms. The molecule has 0 spiro atoms. The van der Waals surface area contributed by atoms with Gasteiger partial charge in [0, 0.05) is 56.8 Å². The number of hydrogen-bond donors (Lipinski definition) is 4. The SMILES string of the molecule is CC[C@H](C)[C@H](NC(=O)CCCCCNC)C(=O)N(C)[C@H](C[C@@H](OC(C)=O)c1nc(C(=O)N[C@@H](Cc2ccc([N+](=O)[O-])cc2)C(=O)O)cs1)C(C)C. The second kappa shape index (κ2) is 21.0. The third-order valence-electron chi connectivity index (χ3n) is 8.73. The van der Waals surface area contributed by atoms with Crippen molar-refractivity contribution >= 4 is 46.7 Å². The van der Waals surface area contributed by atoms with E-state index in [1.165, 1.54) is 36.6 Å². The number of nitrogens with one attached hydrogen (secondary N) is 3. The lowest BCUT2D eigenvalue weighted by atomic mass is 9.93. The number of carboxylic acids is 1. The first-order valence-corrected chi connectivity index (χ1v) is 18.1. The Bertz CT molecular complexity index is 1480. The number of nitro benzene ring substituents is 1. The van der Waals surface area contributed by atoms with Crippen LogP contribution in [0.5, 0.6) is 0 Å². The molecule has 2 rings (SSSR count). The first-order valence-electron chi connectivity index (χ1n) is 17.2. The summed E-state index contributed by atoms with van der Waals surface area (Å²) in [5, 5.41) is 30.9. The lowest BCUT2D eigenvalue weighted by Crippen LogP contribution is -2.54.